The van der Waals surface area contributed by atoms with Crippen LogP contribution in [0, 0.1) is 0 Å². The van der Waals surface area contributed by atoms with Crippen LogP contribution in [0.15, 0.2) is 0 Å². The van der Waals surface area contributed by atoms with E-state index in [2.05, 4.69) is 0 Å². The van der Waals surface area contributed by atoms with Crippen LogP contribution in [-0.4, -0.2) is 39.6 Å². The monoisotopic (exact) mass is 236 g/mol. The molecule has 1 saturated heterocycles. The van der Waals surface area contributed by atoms with Crippen molar-refractivity contribution in [1.29, 1.82) is 0 Å². The van der Waals surface area contributed by atoms with Gasteiger partial charge in [-0.3, -0.25) is 0 Å². The first-order valence-electron chi connectivity index (χ1n) is 5.29. The molecule has 1 unspecified atom stereocenters. The van der Waals surface area contributed by atoms with E-state index in [0.717, 1.165) is 6.04 Å². The van der Waals surface area contributed by atoms with Crippen LogP contribution in [0.5, 0.6) is 0 Å². The highest BCUT2D eigenvalue weighted by Crippen LogP contribution is 2.38. The maximum absolute atomic E-state index is 5.74. The minimum atomic E-state index is -2.32. The van der Waals surface area contributed by atoms with Crippen LogP contribution in [0.25, 0.3) is 0 Å². The molecule has 0 amide bonds. The highest BCUT2D eigenvalue weighted by atomic mass is 32.2. The molecule has 1 aliphatic rings. The van der Waals surface area contributed by atoms with Gasteiger partial charge in [-0.25, -0.2) is 0 Å². The van der Waals surface area contributed by atoms with Crippen molar-refractivity contribution in [3.05, 3.63) is 0 Å². The molecule has 0 aliphatic carbocycles. The molecule has 0 aromatic rings. The largest absolute Gasteiger partial charge is 0.502 e. The Morgan fingerprint density at radius 1 is 1.07 bits per heavy atom. The minimum Gasteiger partial charge on any atom is -0.374 e. The van der Waals surface area contributed by atoms with Gasteiger partial charge in [-0.05, 0) is 20.8 Å². The van der Waals surface area contributed by atoms with Gasteiger partial charge in [-0.15, -0.1) is 0 Å². The molecule has 14 heavy (non-hydrogen) atoms. The van der Waals surface area contributed by atoms with Crippen LogP contribution in [0.4, 0.5) is 0 Å². The van der Waals surface area contributed by atoms with E-state index in [1.807, 2.05) is 32.5 Å². The van der Waals surface area contributed by atoms with Gasteiger partial charge in [-0.2, -0.15) is 11.8 Å². The van der Waals surface area contributed by atoms with E-state index in [1.54, 1.807) is 0 Å². The van der Waals surface area contributed by atoms with Gasteiger partial charge in [0.1, 0.15) is 0 Å². The highest BCUT2D eigenvalue weighted by Gasteiger charge is 2.45. The molecule has 0 aromatic heterocycles. The Morgan fingerprint density at radius 2 is 1.50 bits per heavy atom. The second-order valence-corrected chi connectivity index (χ2v) is 7.12. The predicted molar refractivity (Wildman–Crippen MR) is 61.7 cm³/mol. The topological polar surface area (TPSA) is 27.7 Å². The van der Waals surface area contributed by atoms with Crippen LogP contribution in [0.2, 0.25) is 6.04 Å². The van der Waals surface area contributed by atoms with E-state index in [4.69, 9.17) is 13.3 Å². The third-order valence-electron chi connectivity index (χ3n) is 1.97. The summed E-state index contributed by atoms with van der Waals surface area (Å²) in [5.74, 6) is 1.24. The Morgan fingerprint density at radius 3 is 1.79 bits per heavy atom. The summed E-state index contributed by atoms with van der Waals surface area (Å²) in [7, 11) is -2.32. The SMILES string of the molecule is CCO[Si](CC1CS1)(OCC)OCC. The summed E-state index contributed by atoms with van der Waals surface area (Å²) in [6.45, 7) is 8.05. The first kappa shape index (κ1) is 12.5. The summed E-state index contributed by atoms with van der Waals surface area (Å²) < 4.78 is 17.2. The third-order valence-corrected chi connectivity index (χ3v) is 6.42. The molecule has 84 valence electrons. The van der Waals surface area contributed by atoms with Gasteiger partial charge in [0.25, 0.3) is 0 Å². The summed E-state index contributed by atoms with van der Waals surface area (Å²) in [6, 6.07) is 0.979. The summed E-state index contributed by atoms with van der Waals surface area (Å²) in [4.78, 5) is 0. The van der Waals surface area contributed by atoms with Crippen molar-refractivity contribution in [1.82, 2.24) is 0 Å². The van der Waals surface area contributed by atoms with Crippen LogP contribution < -0.4 is 0 Å². The van der Waals surface area contributed by atoms with Crippen LogP contribution >= 0.6 is 11.8 Å². The van der Waals surface area contributed by atoms with E-state index in [9.17, 15) is 0 Å². The zero-order chi connectivity index (χ0) is 10.4. The van der Waals surface area contributed by atoms with Crippen molar-refractivity contribution in [3.8, 4) is 0 Å². The lowest BCUT2D eigenvalue weighted by molar-refractivity contribution is 0.0720. The molecule has 1 atom stereocenters. The summed E-state index contributed by atoms with van der Waals surface area (Å²) in [5.41, 5.74) is 0. The van der Waals surface area contributed by atoms with Gasteiger partial charge in [0.05, 0.1) is 0 Å². The molecule has 0 radical (unpaired) electrons. The molecule has 5 heteroatoms. The van der Waals surface area contributed by atoms with Crippen molar-refractivity contribution in [3.63, 3.8) is 0 Å². The molecule has 1 fully saturated rings. The first-order valence-corrected chi connectivity index (χ1v) is 8.27. The predicted octanol–water partition coefficient (Wildman–Crippen LogP) is 2.15. The fourth-order valence-electron chi connectivity index (χ4n) is 1.43. The summed E-state index contributed by atoms with van der Waals surface area (Å²) in [5, 5.41) is 0.714. The van der Waals surface area contributed by atoms with Crippen LogP contribution in [0.1, 0.15) is 20.8 Å². The minimum absolute atomic E-state index is 0.684. The second kappa shape index (κ2) is 6.12. The first-order chi connectivity index (χ1) is 6.76. The Hall–Kier alpha value is 0.447. The van der Waals surface area contributed by atoms with Gasteiger partial charge in [0.2, 0.25) is 0 Å². The Bertz CT molecular complexity index is 147. The van der Waals surface area contributed by atoms with E-state index in [-0.39, 0.29) is 0 Å². The lowest BCUT2D eigenvalue weighted by atomic mass is 10.6. The fraction of sp³-hybridized carbons (Fsp3) is 1.00. The van der Waals surface area contributed by atoms with Gasteiger partial charge in [0.15, 0.2) is 0 Å². The molecule has 0 saturated carbocycles. The maximum atomic E-state index is 5.74. The average molecular weight is 236 g/mol. The molecule has 0 aromatic carbocycles. The van der Waals surface area contributed by atoms with Crippen molar-refractivity contribution in [2.45, 2.75) is 32.1 Å². The summed E-state index contributed by atoms with van der Waals surface area (Å²) >= 11 is 1.97. The van der Waals surface area contributed by atoms with Gasteiger partial charge >= 0.3 is 8.80 Å². The van der Waals surface area contributed by atoms with Gasteiger partial charge < -0.3 is 13.3 Å². The summed E-state index contributed by atoms with van der Waals surface area (Å²) in [6.07, 6.45) is 0. The molecule has 0 N–H and O–H groups in total. The van der Waals surface area contributed by atoms with Crippen molar-refractivity contribution in [2.24, 2.45) is 0 Å². The molecule has 0 spiro atoms. The molecule has 0 bridgehead atoms. The number of hydrogen-bond acceptors (Lipinski definition) is 4. The molecule has 3 nitrogen and oxygen atoms in total. The van der Waals surface area contributed by atoms with E-state index < -0.39 is 8.80 Å². The zero-order valence-electron chi connectivity index (χ0n) is 9.25. The Balaban J connectivity index is 2.49. The number of hydrogen-bond donors (Lipinski definition) is 0. The Kier molecular flexibility index (Phi) is 5.47. The highest BCUT2D eigenvalue weighted by molar-refractivity contribution is 8.07. The average Bonchev–Trinajstić information content (AvgIpc) is 2.89. The van der Waals surface area contributed by atoms with Gasteiger partial charge in [-0.1, -0.05) is 0 Å². The number of thioether (sulfide) groups is 1. The van der Waals surface area contributed by atoms with E-state index in [1.165, 1.54) is 5.75 Å². The lowest BCUT2D eigenvalue weighted by Gasteiger charge is -2.28. The van der Waals surface area contributed by atoms with E-state index in [0.29, 0.717) is 25.1 Å². The van der Waals surface area contributed by atoms with Crippen molar-refractivity contribution in [2.75, 3.05) is 25.6 Å². The van der Waals surface area contributed by atoms with Crippen molar-refractivity contribution >= 4 is 20.6 Å². The normalized spacial score (nSPS) is 21.2. The molecule has 1 aliphatic heterocycles. The zero-order valence-corrected chi connectivity index (χ0v) is 11.1. The third kappa shape index (κ3) is 3.90. The van der Waals surface area contributed by atoms with Crippen LogP contribution in [0.3, 0.4) is 0 Å². The quantitative estimate of drug-likeness (QED) is 0.477. The maximum Gasteiger partial charge on any atom is 0.502 e. The van der Waals surface area contributed by atoms with Gasteiger partial charge in [0, 0.05) is 36.9 Å². The van der Waals surface area contributed by atoms with E-state index >= 15 is 0 Å². The Labute approximate surface area is 91.9 Å². The second-order valence-electron chi connectivity index (χ2n) is 3.14. The molecular weight excluding hydrogens is 216 g/mol. The fourth-order valence-corrected chi connectivity index (χ4v) is 5.60. The molecular formula is C9H20O3SSi. The van der Waals surface area contributed by atoms with Crippen molar-refractivity contribution < 1.29 is 13.3 Å². The molecule has 1 heterocycles. The smallest absolute Gasteiger partial charge is 0.374 e. The lowest BCUT2D eigenvalue weighted by Crippen LogP contribution is -2.46. The standard InChI is InChI=1S/C9H20O3SSi/c1-4-10-14(11-5-2,12-6-3)8-9-7-13-9/h9H,4-8H2,1-3H3. The molecule has 1 rings (SSSR count). The van der Waals surface area contributed by atoms with Crippen LogP contribution in [-0.2, 0) is 13.3 Å². The number of rotatable bonds is 8.